The van der Waals surface area contributed by atoms with Gasteiger partial charge in [0, 0.05) is 11.0 Å². The molecule has 0 aliphatic rings. The number of hydrogen-bond acceptors (Lipinski definition) is 3. The van der Waals surface area contributed by atoms with Gasteiger partial charge in [-0.05, 0) is 43.7 Å². The molecule has 1 aromatic rings. The maximum atomic E-state index is 10.2. The Balaban J connectivity index is 2.70. The Morgan fingerprint density at radius 3 is 2.56 bits per heavy atom. The molecule has 0 fully saturated rings. The van der Waals surface area contributed by atoms with Crippen molar-refractivity contribution >= 4 is 15.9 Å². The van der Waals surface area contributed by atoms with Crippen LogP contribution in [0.4, 0.5) is 0 Å². The zero-order valence-electron chi connectivity index (χ0n) is 11.3. The van der Waals surface area contributed by atoms with Crippen LogP contribution in [-0.4, -0.2) is 24.4 Å². The van der Waals surface area contributed by atoms with Gasteiger partial charge in [-0.2, -0.15) is 0 Å². The number of halogens is 1. The lowest BCUT2D eigenvalue weighted by Crippen LogP contribution is -2.34. The fourth-order valence-corrected chi connectivity index (χ4v) is 2.03. The van der Waals surface area contributed by atoms with Gasteiger partial charge in [0.25, 0.3) is 0 Å². The molecule has 0 aliphatic carbocycles. The van der Waals surface area contributed by atoms with Gasteiger partial charge < -0.3 is 15.2 Å². The third-order valence-electron chi connectivity index (χ3n) is 3.21. The van der Waals surface area contributed by atoms with Crippen molar-refractivity contribution in [2.75, 3.05) is 13.7 Å². The van der Waals surface area contributed by atoms with Crippen molar-refractivity contribution in [1.82, 2.24) is 5.32 Å². The highest BCUT2D eigenvalue weighted by atomic mass is 79.9. The molecule has 102 valence electrons. The molecule has 3 nitrogen and oxygen atoms in total. The summed E-state index contributed by atoms with van der Waals surface area (Å²) in [4.78, 5) is 0. The van der Waals surface area contributed by atoms with Crippen LogP contribution in [0.1, 0.15) is 32.3 Å². The molecule has 0 saturated carbocycles. The van der Waals surface area contributed by atoms with Gasteiger partial charge in [-0.1, -0.05) is 29.8 Å². The van der Waals surface area contributed by atoms with E-state index in [1.807, 2.05) is 39.1 Å². The van der Waals surface area contributed by atoms with Crippen LogP contribution in [0.15, 0.2) is 22.7 Å². The van der Waals surface area contributed by atoms with E-state index in [9.17, 15) is 5.11 Å². The van der Waals surface area contributed by atoms with Crippen LogP contribution in [0.3, 0.4) is 0 Å². The van der Waals surface area contributed by atoms with Gasteiger partial charge in [0.2, 0.25) is 0 Å². The minimum Gasteiger partial charge on any atom is -0.491 e. The van der Waals surface area contributed by atoms with Gasteiger partial charge >= 0.3 is 0 Å². The number of ether oxygens (including phenoxy) is 1. The van der Waals surface area contributed by atoms with Crippen molar-refractivity contribution in [3.05, 3.63) is 28.2 Å². The van der Waals surface area contributed by atoms with Gasteiger partial charge in [0.15, 0.2) is 0 Å². The Labute approximate surface area is 118 Å². The maximum absolute atomic E-state index is 10.2. The molecule has 0 spiro atoms. The Morgan fingerprint density at radius 1 is 1.33 bits per heavy atom. The van der Waals surface area contributed by atoms with Crippen molar-refractivity contribution in [2.24, 2.45) is 0 Å². The van der Waals surface area contributed by atoms with Crippen molar-refractivity contribution in [1.29, 1.82) is 0 Å². The topological polar surface area (TPSA) is 41.5 Å². The molecule has 4 heteroatoms. The highest BCUT2D eigenvalue weighted by Gasteiger charge is 2.23. The fraction of sp³-hybridized carbons (Fsp3) is 0.571. The summed E-state index contributed by atoms with van der Waals surface area (Å²) in [7, 11) is 1.91. The SMILES string of the molecule is CCC(O)(CC)COc1ccc(Br)c(CNC)c1. The zero-order chi connectivity index (χ0) is 13.6. The molecule has 1 rings (SSSR count). The average molecular weight is 316 g/mol. The molecule has 0 atom stereocenters. The summed E-state index contributed by atoms with van der Waals surface area (Å²) >= 11 is 3.50. The van der Waals surface area contributed by atoms with E-state index >= 15 is 0 Å². The van der Waals surface area contributed by atoms with Crippen LogP contribution in [0.2, 0.25) is 0 Å². The number of hydrogen-bond donors (Lipinski definition) is 2. The lowest BCUT2D eigenvalue weighted by Gasteiger charge is -2.25. The highest BCUT2D eigenvalue weighted by Crippen LogP contribution is 2.24. The van der Waals surface area contributed by atoms with Crippen molar-refractivity contribution < 1.29 is 9.84 Å². The van der Waals surface area contributed by atoms with Gasteiger partial charge in [-0.25, -0.2) is 0 Å². The largest absolute Gasteiger partial charge is 0.491 e. The third kappa shape index (κ3) is 4.26. The normalized spacial score (nSPS) is 11.6. The van der Waals surface area contributed by atoms with Crippen LogP contribution < -0.4 is 10.1 Å². The van der Waals surface area contributed by atoms with Gasteiger partial charge in [-0.15, -0.1) is 0 Å². The number of aliphatic hydroxyl groups is 1. The first kappa shape index (κ1) is 15.5. The summed E-state index contributed by atoms with van der Waals surface area (Å²) in [6.45, 7) is 5.06. The molecule has 18 heavy (non-hydrogen) atoms. The molecule has 0 bridgehead atoms. The van der Waals surface area contributed by atoms with E-state index < -0.39 is 5.60 Å². The summed E-state index contributed by atoms with van der Waals surface area (Å²) in [5, 5.41) is 13.3. The molecule has 0 amide bonds. The average Bonchev–Trinajstić information content (AvgIpc) is 2.39. The standard InChI is InChI=1S/C14H22BrNO2/c1-4-14(17,5-2)10-18-12-6-7-13(15)11(8-12)9-16-3/h6-8,16-17H,4-5,9-10H2,1-3H3. The minimum absolute atomic E-state index is 0.334. The second-order valence-electron chi connectivity index (χ2n) is 4.50. The summed E-state index contributed by atoms with van der Waals surface area (Å²) < 4.78 is 6.76. The van der Waals surface area contributed by atoms with E-state index in [1.54, 1.807) is 0 Å². The first-order chi connectivity index (χ1) is 8.54. The van der Waals surface area contributed by atoms with Crippen molar-refractivity contribution in [2.45, 2.75) is 38.8 Å². The lowest BCUT2D eigenvalue weighted by atomic mass is 9.99. The molecule has 0 heterocycles. The first-order valence-corrected chi connectivity index (χ1v) is 7.12. The van der Waals surface area contributed by atoms with Crippen molar-refractivity contribution in [3.8, 4) is 5.75 Å². The molecule has 0 saturated heterocycles. The van der Waals surface area contributed by atoms with Crippen LogP contribution >= 0.6 is 15.9 Å². The highest BCUT2D eigenvalue weighted by molar-refractivity contribution is 9.10. The van der Waals surface area contributed by atoms with E-state index in [0.717, 1.165) is 22.3 Å². The summed E-state index contributed by atoms with van der Waals surface area (Å²) in [6, 6.07) is 5.88. The van der Waals surface area contributed by atoms with Crippen LogP contribution in [0.25, 0.3) is 0 Å². The minimum atomic E-state index is -0.726. The predicted octanol–water partition coefficient (Wildman–Crippen LogP) is 3.10. The smallest absolute Gasteiger partial charge is 0.119 e. The molecule has 0 radical (unpaired) electrons. The predicted molar refractivity (Wildman–Crippen MR) is 77.9 cm³/mol. The fourth-order valence-electron chi connectivity index (χ4n) is 1.64. The Bertz CT molecular complexity index is 378. The monoisotopic (exact) mass is 315 g/mol. The Kier molecular flexibility index (Phi) is 6.12. The summed E-state index contributed by atoms with van der Waals surface area (Å²) in [5.74, 6) is 0.795. The van der Waals surface area contributed by atoms with Crippen LogP contribution in [0.5, 0.6) is 5.75 Å². The number of nitrogens with one attached hydrogen (secondary N) is 1. The molecule has 0 unspecified atom stereocenters. The van der Waals surface area contributed by atoms with Crippen LogP contribution in [0, 0.1) is 0 Å². The number of rotatable bonds is 7. The van der Waals surface area contributed by atoms with E-state index in [1.165, 1.54) is 0 Å². The molecular weight excluding hydrogens is 294 g/mol. The van der Waals surface area contributed by atoms with Crippen LogP contribution in [-0.2, 0) is 6.54 Å². The summed E-state index contributed by atoms with van der Waals surface area (Å²) in [5.41, 5.74) is 0.419. The molecule has 0 aliphatic heterocycles. The van der Waals surface area contributed by atoms with E-state index in [2.05, 4.69) is 21.2 Å². The van der Waals surface area contributed by atoms with Gasteiger partial charge in [0.05, 0.1) is 5.60 Å². The van der Waals surface area contributed by atoms with Crippen molar-refractivity contribution in [3.63, 3.8) is 0 Å². The Hall–Kier alpha value is -0.580. The lowest BCUT2D eigenvalue weighted by molar-refractivity contribution is -0.0113. The Morgan fingerprint density at radius 2 is 2.00 bits per heavy atom. The summed E-state index contributed by atoms with van der Waals surface area (Å²) in [6.07, 6.45) is 1.40. The van der Waals surface area contributed by atoms with E-state index in [0.29, 0.717) is 19.4 Å². The quantitative estimate of drug-likeness (QED) is 0.812. The van der Waals surface area contributed by atoms with E-state index in [-0.39, 0.29) is 0 Å². The molecule has 1 aromatic carbocycles. The zero-order valence-corrected chi connectivity index (χ0v) is 12.9. The molecule has 0 aromatic heterocycles. The number of benzene rings is 1. The van der Waals surface area contributed by atoms with Gasteiger partial charge in [0.1, 0.15) is 12.4 Å². The third-order valence-corrected chi connectivity index (χ3v) is 3.98. The molecular formula is C14H22BrNO2. The second kappa shape index (κ2) is 7.12. The first-order valence-electron chi connectivity index (χ1n) is 6.33. The maximum Gasteiger partial charge on any atom is 0.119 e. The van der Waals surface area contributed by atoms with Gasteiger partial charge in [-0.3, -0.25) is 0 Å². The second-order valence-corrected chi connectivity index (χ2v) is 5.36. The van der Waals surface area contributed by atoms with E-state index in [4.69, 9.17) is 4.74 Å². The molecule has 2 N–H and O–H groups in total.